The number of hydrogen-bond donors (Lipinski definition) is 1. The third kappa shape index (κ3) is 4.75. The minimum Gasteiger partial charge on any atom is -0.497 e. The number of rotatable bonds is 7. The van der Waals surface area contributed by atoms with Crippen LogP contribution in [0.2, 0.25) is 0 Å². The molecule has 0 aliphatic carbocycles. The van der Waals surface area contributed by atoms with E-state index in [1.54, 1.807) is 7.11 Å². The van der Waals surface area contributed by atoms with Gasteiger partial charge in [-0.15, -0.1) is 0 Å². The van der Waals surface area contributed by atoms with Gasteiger partial charge < -0.3 is 19.7 Å². The van der Waals surface area contributed by atoms with E-state index >= 15 is 0 Å². The third-order valence-corrected chi connectivity index (χ3v) is 5.12. The molecule has 0 saturated carbocycles. The zero-order valence-corrected chi connectivity index (χ0v) is 16.9. The van der Waals surface area contributed by atoms with Crippen molar-refractivity contribution in [2.45, 2.75) is 19.9 Å². The quantitative estimate of drug-likeness (QED) is 0.795. The summed E-state index contributed by atoms with van der Waals surface area (Å²) in [5.74, 6) is 1.56. The number of amides is 1. The summed E-state index contributed by atoms with van der Waals surface area (Å²) in [5, 5.41) is 3.01. The van der Waals surface area contributed by atoms with Gasteiger partial charge in [0.2, 0.25) is 5.91 Å². The molecular formula is C22H29N3O3. The first-order chi connectivity index (χ1) is 13.6. The van der Waals surface area contributed by atoms with E-state index in [1.807, 2.05) is 50.2 Å². The molecule has 0 spiro atoms. The molecule has 1 fully saturated rings. The largest absolute Gasteiger partial charge is 0.497 e. The van der Waals surface area contributed by atoms with Gasteiger partial charge in [0, 0.05) is 31.9 Å². The molecule has 6 nitrogen and oxygen atoms in total. The van der Waals surface area contributed by atoms with Gasteiger partial charge in [-0.3, -0.25) is 9.69 Å². The molecule has 0 radical (unpaired) electrons. The Bertz CT molecular complexity index is 771. The molecule has 1 saturated heterocycles. The van der Waals surface area contributed by atoms with Crippen LogP contribution in [0.3, 0.4) is 0 Å². The van der Waals surface area contributed by atoms with Gasteiger partial charge in [-0.25, -0.2) is 0 Å². The van der Waals surface area contributed by atoms with Crippen LogP contribution in [0.25, 0.3) is 0 Å². The topological polar surface area (TPSA) is 54.0 Å². The lowest BCUT2D eigenvalue weighted by molar-refractivity contribution is -0.120. The number of carbonyl (C=O) groups is 1. The van der Waals surface area contributed by atoms with E-state index in [-0.39, 0.29) is 11.9 Å². The van der Waals surface area contributed by atoms with Crippen LogP contribution in [-0.2, 0) is 4.79 Å². The number of carbonyl (C=O) groups excluding carboxylic acids is 1. The van der Waals surface area contributed by atoms with Gasteiger partial charge in [-0.2, -0.15) is 0 Å². The maximum Gasteiger partial charge on any atom is 0.241 e. The fraction of sp³-hybridized carbons (Fsp3) is 0.409. The number of nitrogens with zero attached hydrogens (tertiary/aromatic N) is 2. The number of ether oxygens (including phenoxy) is 2. The molecule has 2 aromatic rings. The van der Waals surface area contributed by atoms with Crippen LogP contribution in [0.4, 0.5) is 11.4 Å². The highest BCUT2D eigenvalue weighted by Crippen LogP contribution is 2.25. The van der Waals surface area contributed by atoms with Crippen molar-refractivity contribution >= 4 is 17.3 Å². The number of nitrogens with one attached hydrogen (secondary N) is 1. The molecule has 1 aliphatic rings. The average molecular weight is 383 g/mol. The lowest BCUT2D eigenvalue weighted by Crippen LogP contribution is -2.52. The lowest BCUT2D eigenvalue weighted by Gasteiger charge is -2.38. The summed E-state index contributed by atoms with van der Waals surface area (Å²) < 4.78 is 10.8. The first kappa shape index (κ1) is 20.0. The van der Waals surface area contributed by atoms with Crippen molar-refractivity contribution in [3.63, 3.8) is 0 Å². The molecule has 1 heterocycles. The molecule has 0 unspecified atom stereocenters. The van der Waals surface area contributed by atoms with Gasteiger partial charge in [-0.05, 0) is 50.2 Å². The molecular weight excluding hydrogens is 354 g/mol. The Kier molecular flexibility index (Phi) is 6.76. The van der Waals surface area contributed by atoms with Gasteiger partial charge in [0.15, 0.2) is 0 Å². The maximum absolute atomic E-state index is 12.8. The molecule has 3 rings (SSSR count). The number of para-hydroxylation sites is 2. The molecule has 1 atom stereocenters. The Morgan fingerprint density at radius 1 is 1.07 bits per heavy atom. The van der Waals surface area contributed by atoms with Gasteiger partial charge in [0.1, 0.15) is 11.5 Å². The molecule has 150 valence electrons. The van der Waals surface area contributed by atoms with Crippen molar-refractivity contribution in [3.05, 3.63) is 48.5 Å². The minimum absolute atomic E-state index is 0.00921. The smallest absolute Gasteiger partial charge is 0.241 e. The maximum atomic E-state index is 12.8. The zero-order chi connectivity index (χ0) is 19.9. The Morgan fingerprint density at radius 3 is 2.39 bits per heavy atom. The predicted octanol–water partition coefficient (Wildman–Crippen LogP) is 3.24. The zero-order valence-electron chi connectivity index (χ0n) is 16.9. The fourth-order valence-corrected chi connectivity index (χ4v) is 3.41. The van der Waals surface area contributed by atoms with Crippen molar-refractivity contribution in [2.75, 3.05) is 50.1 Å². The van der Waals surface area contributed by atoms with Crippen LogP contribution in [0.5, 0.6) is 11.5 Å². The van der Waals surface area contributed by atoms with Crippen molar-refractivity contribution < 1.29 is 14.3 Å². The summed E-state index contributed by atoms with van der Waals surface area (Å²) in [5.41, 5.74) is 1.90. The molecule has 0 aromatic heterocycles. The second kappa shape index (κ2) is 9.46. The molecule has 6 heteroatoms. The van der Waals surface area contributed by atoms with Crippen molar-refractivity contribution in [1.82, 2.24) is 4.90 Å². The number of hydrogen-bond acceptors (Lipinski definition) is 5. The highest BCUT2D eigenvalue weighted by Gasteiger charge is 2.26. The number of methoxy groups -OCH3 is 1. The van der Waals surface area contributed by atoms with Crippen molar-refractivity contribution in [1.29, 1.82) is 0 Å². The first-order valence-electron chi connectivity index (χ1n) is 9.78. The highest BCUT2D eigenvalue weighted by atomic mass is 16.5. The van der Waals surface area contributed by atoms with Gasteiger partial charge in [-0.1, -0.05) is 12.1 Å². The van der Waals surface area contributed by atoms with Crippen LogP contribution in [0.1, 0.15) is 13.8 Å². The highest BCUT2D eigenvalue weighted by molar-refractivity contribution is 5.95. The Morgan fingerprint density at radius 2 is 1.75 bits per heavy atom. The molecule has 28 heavy (non-hydrogen) atoms. The predicted molar refractivity (Wildman–Crippen MR) is 112 cm³/mol. The average Bonchev–Trinajstić information content (AvgIpc) is 2.75. The number of piperazine rings is 1. The van der Waals surface area contributed by atoms with Crippen LogP contribution in [-0.4, -0.2) is 56.7 Å². The Hall–Kier alpha value is -2.73. The summed E-state index contributed by atoms with van der Waals surface area (Å²) in [6.07, 6.45) is 0. The van der Waals surface area contributed by atoms with Crippen molar-refractivity contribution in [3.8, 4) is 11.5 Å². The second-order valence-corrected chi connectivity index (χ2v) is 6.82. The molecule has 1 aliphatic heterocycles. The number of benzene rings is 2. The number of anilines is 2. The normalized spacial score (nSPS) is 15.8. The monoisotopic (exact) mass is 383 g/mol. The van der Waals surface area contributed by atoms with E-state index in [4.69, 9.17) is 9.47 Å². The minimum atomic E-state index is -0.201. The van der Waals surface area contributed by atoms with E-state index in [1.165, 1.54) is 5.69 Å². The van der Waals surface area contributed by atoms with Gasteiger partial charge in [0.25, 0.3) is 0 Å². The van der Waals surface area contributed by atoms with Crippen LogP contribution >= 0.6 is 0 Å². The fourth-order valence-electron chi connectivity index (χ4n) is 3.41. The van der Waals surface area contributed by atoms with E-state index in [0.717, 1.165) is 37.6 Å². The van der Waals surface area contributed by atoms with E-state index in [9.17, 15) is 4.79 Å². The lowest BCUT2D eigenvalue weighted by atomic mass is 10.2. The molecule has 0 bridgehead atoms. The first-order valence-corrected chi connectivity index (χ1v) is 9.78. The van der Waals surface area contributed by atoms with Crippen LogP contribution in [0.15, 0.2) is 48.5 Å². The van der Waals surface area contributed by atoms with Crippen LogP contribution < -0.4 is 19.7 Å². The van der Waals surface area contributed by atoms with E-state index in [2.05, 4.69) is 27.2 Å². The van der Waals surface area contributed by atoms with Crippen LogP contribution in [0, 0.1) is 0 Å². The summed E-state index contributed by atoms with van der Waals surface area (Å²) in [6, 6.07) is 15.5. The Balaban J connectivity index is 1.55. The molecule has 2 aromatic carbocycles. The second-order valence-electron chi connectivity index (χ2n) is 6.82. The summed E-state index contributed by atoms with van der Waals surface area (Å²) in [7, 11) is 1.67. The van der Waals surface area contributed by atoms with Gasteiger partial charge in [0.05, 0.1) is 25.4 Å². The van der Waals surface area contributed by atoms with Crippen molar-refractivity contribution in [2.24, 2.45) is 0 Å². The summed E-state index contributed by atoms with van der Waals surface area (Å²) >= 11 is 0. The van der Waals surface area contributed by atoms with E-state index < -0.39 is 0 Å². The third-order valence-electron chi connectivity index (χ3n) is 5.12. The molecule has 1 amide bonds. The Labute approximate surface area is 167 Å². The molecule has 1 N–H and O–H groups in total. The summed E-state index contributed by atoms with van der Waals surface area (Å²) in [6.45, 7) is 7.92. The van der Waals surface area contributed by atoms with Gasteiger partial charge >= 0.3 is 0 Å². The SMILES string of the molecule is CCOc1ccccc1NC(=O)[C@@H](C)N1CCN(c2ccc(OC)cc2)CC1. The van der Waals surface area contributed by atoms with E-state index in [0.29, 0.717) is 12.4 Å². The summed E-state index contributed by atoms with van der Waals surface area (Å²) in [4.78, 5) is 17.3. The standard InChI is InChI=1S/C22H29N3O3/c1-4-28-21-8-6-5-7-20(21)23-22(26)17(2)24-13-15-25(16-14-24)18-9-11-19(27-3)12-10-18/h5-12,17H,4,13-16H2,1-3H3,(H,23,26)/t17-/m1/s1.